The van der Waals surface area contributed by atoms with Crippen molar-refractivity contribution in [2.24, 2.45) is 0 Å². The van der Waals surface area contributed by atoms with Gasteiger partial charge in [-0.3, -0.25) is 0 Å². The van der Waals surface area contributed by atoms with Gasteiger partial charge in [-0.1, -0.05) is 30.3 Å². The number of anilines is 3. The van der Waals surface area contributed by atoms with Crippen LogP contribution in [0.2, 0.25) is 0 Å². The number of nitrogens with one attached hydrogen (secondary N) is 2. The minimum absolute atomic E-state index is 0.0500. The number of fused-ring (bicyclic) bond motifs is 2. The van der Waals surface area contributed by atoms with Crippen LogP contribution in [0, 0.1) is 0 Å². The first-order chi connectivity index (χ1) is 18.6. The summed E-state index contributed by atoms with van der Waals surface area (Å²) in [4.78, 5) is 29.7. The maximum atomic E-state index is 12.9. The van der Waals surface area contributed by atoms with Crippen molar-refractivity contribution >= 4 is 40.1 Å². The predicted octanol–water partition coefficient (Wildman–Crippen LogP) is 4.79. The van der Waals surface area contributed by atoms with Gasteiger partial charge in [-0.05, 0) is 60.4 Å². The third-order valence-electron chi connectivity index (χ3n) is 7.49. The topological polar surface area (TPSA) is 91.7 Å². The zero-order valence-corrected chi connectivity index (χ0v) is 21.3. The standard InChI is InChI=1S/C29H30N6O3/c1-38-29(37)35-27-9-5-8-25(24(27)19-30-35)31-28(36)32-26-13-10-20-18-22(11-12-23(20)26)34-16-14-33(15-17-34)21-6-3-2-4-7-21/h2-9,11-12,18-19,26H,10,13-17H2,1H3,(H2,31,32,36). The lowest BCUT2D eigenvalue weighted by Crippen LogP contribution is -2.46. The molecule has 1 unspecified atom stereocenters. The van der Waals surface area contributed by atoms with Crippen molar-refractivity contribution in [3.8, 4) is 0 Å². The molecule has 2 amide bonds. The van der Waals surface area contributed by atoms with E-state index in [-0.39, 0.29) is 12.1 Å². The van der Waals surface area contributed by atoms with E-state index in [1.165, 1.54) is 34.3 Å². The fraction of sp³-hybridized carbons (Fsp3) is 0.276. The smallest absolute Gasteiger partial charge is 0.434 e. The summed E-state index contributed by atoms with van der Waals surface area (Å²) >= 11 is 0. The highest BCUT2D eigenvalue weighted by molar-refractivity contribution is 6.02. The lowest BCUT2D eigenvalue weighted by atomic mass is 10.1. The fourth-order valence-corrected chi connectivity index (χ4v) is 5.52. The van der Waals surface area contributed by atoms with Crippen LogP contribution < -0.4 is 20.4 Å². The summed E-state index contributed by atoms with van der Waals surface area (Å²) in [5.41, 5.74) is 6.14. The average Bonchev–Trinajstić information content (AvgIpc) is 3.58. The first kappa shape index (κ1) is 23.8. The summed E-state index contributed by atoms with van der Waals surface area (Å²) in [5, 5.41) is 10.8. The van der Waals surface area contributed by atoms with Crippen molar-refractivity contribution in [3.63, 3.8) is 0 Å². The Bertz CT molecular complexity index is 1480. The van der Waals surface area contributed by atoms with E-state index in [0.29, 0.717) is 16.6 Å². The Labute approximate surface area is 221 Å². The van der Waals surface area contributed by atoms with Gasteiger partial charge in [0.15, 0.2) is 0 Å². The molecule has 1 saturated heterocycles. The number of nitrogens with zero attached hydrogens (tertiary/aromatic N) is 4. The molecule has 2 N–H and O–H groups in total. The molecule has 4 aromatic rings. The summed E-state index contributed by atoms with van der Waals surface area (Å²) in [6, 6.07) is 22.2. The Balaban J connectivity index is 1.10. The maximum absolute atomic E-state index is 12.9. The van der Waals surface area contributed by atoms with Gasteiger partial charge in [0.25, 0.3) is 0 Å². The second kappa shape index (κ2) is 10.1. The quantitative estimate of drug-likeness (QED) is 0.410. The number of ether oxygens (including phenoxy) is 1. The van der Waals surface area contributed by atoms with Crippen LogP contribution in [-0.4, -0.2) is 55.2 Å². The molecule has 2 aliphatic rings. The van der Waals surface area contributed by atoms with Gasteiger partial charge in [0.1, 0.15) is 0 Å². The second-order valence-electron chi connectivity index (χ2n) is 9.65. The molecule has 0 saturated carbocycles. The molecular weight excluding hydrogens is 480 g/mol. The van der Waals surface area contributed by atoms with E-state index >= 15 is 0 Å². The molecule has 6 rings (SSSR count). The van der Waals surface area contributed by atoms with E-state index in [1.54, 1.807) is 24.4 Å². The van der Waals surface area contributed by atoms with Crippen LogP contribution in [0.5, 0.6) is 0 Å². The first-order valence-corrected chi connectivity index (χ1v) is 12.9. The van der Waals surface area contributed by atoms with Crippen molar-refractivity contribution in [1.29, 1.82) is 0 Å². The van der Waals surface area contributed by atoms with Crippen molar-refractivity contribution in [3.05, 3.63) is 84.1 Å². The number of para-hydroxylation sites is 1. The number of carbonyl (C=O) groups is 2. The monoisotopic (exact) mass is 510 g/mol. The zero-order chi connectivity index (χ0) is 26.1. The van der Waals surface area contributed by atoms with Crippen LogP contribution in [0.3, 0.4) is 0 Å². The van der Waals surface area contributed by atoms with Gasteiger partial charge in [-0.2, -0.15) is 9.78 Å². The summed E-state index contributed by atoms with van der Waals surface area (Å²) < 4.78 is 5.94. The van der Waals surface area contributed by atoms with Crippen molar-refractivity contribution in [1.82, 2.24) is 15.1 Å². The molecule has 0 bridgehead atoms. The van der Waals surface area contributed by atoms with Crippen molar-refractivity contribution in [2.45, 2.75) is 18.9 Å². The molecule has 1 aliphatic carbocycles. The lowest BCUT2D eigenvalue weighted by molar-refractivity contribution is 0.170. The maximum Gasteiger partial charge on any atom is 0.434 e. The van der Waals surface area contributed by atoms with Gasteiger partial charge in [-0.25, -0.2) is 9.59 Å². The number of aryl methyl sites for hydroxylation is 1. The van der Waals surface area contributed by atoms with Crippen LogP contribution in [-0.2, 0) is 11.2 Å². The number of hydrogen-bond acceptors (Lipinski definition) is 6. The fourth-order valence-electron chi connectivity index (χ4n) is 5.52. The molecule has 194 valence electrons. The highest BCUT2D eigenvalue weighted by atomic mass is 16.5. The Morgan fingerprint density at radius 2 is 1.68 bits per heavy atom. The average molecular weight is 511 g/mol. The molecule has 1 aliphatic heterocycles. The van der Waals surface area contributed by atoms with Crippen LogP contribution in [0.1, 0.15) is 23.6 Å². The van der Waals surface area contributed by atoms with Crippen LogP contribution in [0.4, 0.5) is 26.7 Å². The third-order valence-corrected chi connectivity index (χ3v) is 7.49. The van der Waals surface area contributed by atoms with Gasteiger partial charge in [-0.15, -0.1) is 0 Å². The van der Waals surface area contributed by atoms with E-state index in [9.17, 15) is 9.59 Å². The van der Waals surface area contributed by atoms with E-state index in [1.807, 2.05) is 0 Å². The number of amides is 2. The minimum Gasteiger partial charge on any atom is -0.451 e. The molecule has 0 spiro atoms. The Hall–Kier alpha value is -4.53. The molecule has 9 nitrogen and oxygen atoms in total. The van der Waals surface area contributed by atoms with Crippen LogP contribution >= 0.6 is 0 Å². The molecule has 38 heavy (non-hydrogen) atoms. The number of urea groups is 1. The number of hydrogen-bond donors (Lipinski definition) is 2. The summed E-state index contributed by atoms with van der Waals surface area (Å²) in [5.74, 6) is 0. The SMILES string of the molecule is COC(=O)n1ncc2c(NC(=O)NC3CCc4cc(N5CCN(c6ccccc6)CC5)ccc43)cccc21. The van der Waals surface area contributed by atoms with Gasteiger partial charge in [0.2, 0.25) is 0 Å². The first-order valence-electron chi connectivity index (χ1n) is 12.9. The largest absolute Gasteiger partial charge is 0.451 e. The lowest BCUT2D eigenvalue weighted by Gasteiger charge is -2.37. The normalized spacial score (nSPS) is 16.8. The molecule has 1 atom stereocenters. The van der Waals surface area contributed by atoms with E-state index in [2.05, 4.69) is 74.1 Å². The molecule has 1 aromatic heterocycles. The van der Waals surface area contributed by atoms with Crippen LogP contribution in [0.15, 0.2) is 72.9 Å². The molecule has 3 aromatic carbocycles. The second-order valence-corrected chi connectivity index (χ2v) is 9.65. The zero-order valence-electron chi connectivity index (χ0n) is 21.3. The summed E-state index contributed by atoms with van der Waals surface area (Å²) in [7, 11) is 1.31. The number of benzene rings is 3. The molecule has 0 radical (unpaired) electrons. The Morgan fingerprint density at radius 1 is 0.921 bits per heavy atom. The van der Waals surface area contributed by atoms with Gasteiger partial charge in [0, 0.05) is 42.9 Å². The van der Waals surface area contributed by atoms with E-state index in [4.69, 9.17) is 4.74 Å². The van der Waals surface area contributed by atoms with E-state index in [0.717, 1.165) is 39.0 Å². The number of rotatable bonds is 4. The predicted molar refractivity (Wildman–Crippen MR) is 148 cm³/mol. The molecular formula is C29H30N6O3. The van der Waals surface area contributed by atoms with Gasteiger partial charge < -0.3 is 25.2 Å². The van der Waals surface area contributed by atoms with Crippen molar-refractivity contribution in [2.75, 3.05) is 48.4 Å². The summed E-state index contributed by atoms with van der Waals surface area (Å²) in [6.07, 6.45) is 2.76. The number of piperazine rings is 1. The number of aromatic nitrogens is 2. The molecule has 9 heteroatoms. The third kappa shape index (κ3) is 4.51. The van der Waals surface area contributed by atoms with E-state index < -0.39 is 6.09 Å². The number of carbonyl (C=O) groups excluding carboxylic acids is 2. The van der Waals surface area contributed by atoms with Crippen LogP contribution in [0.25, 0.3) is 10.9 Å². The highest BCUT2D eigenvalue weighted by Crippen LogP contribution is 2.34. The van der Waals surface area contributed by atoms with Gasteiger partial charge in [0.05, 0.1) is 30.6 Å². The Kier molecular flexibility index (Phi) is 6.33. The van der Waals surface area contributed by atoms with Gasteiger partial charge >= 0.3 is 12.1 Å². The molecule has 2 heterocycles. The minimum atomic E-state index is -0.582. The van der Waals surface area contributed by atoms with Crippen molar-refractivity contribution < 1.29 is 14.3 Å². The summed E-state index contributed by atoms with van der Waals surface area (Å²) in [6.45, 7) is 3.96. The molecule has 1 fully saturated rings. The number of methoxy groups -OCH3 is 1. The Morgan fingerprint density at radius 3 is 2.45 bits per heavy atom. The highest BCUT2D eigenvalue weighted by Gasteiger charge is 2.26.